The molecule has 40 heavy (non-hydrogen) atoms. The number of aliphatic hydroxyl groups excluding tert-OH is 1. The number of hydrogen-bond acceptors (Lipinski definition) is 8. The highest BCUT2D eigenvalue weighted by atomic mass is 35.5. The zero-order valence-corrected chi connectivity index (χ0v) is 23.5. The molecule has 0 aliphatic carbocycles. The molecule has 2 N–H and O–H groups in total. The van der Waals surface area contributed by atoms with Crippen molar-refractivity contribution >= 4 is 55.7 Å². The minimum Gasteiger partial charge on any atom is -0.507 e. The van der Waals surface area contributed by atoms with Gasteiger partial charge in [0.15, 0.2) is 16.6 Å². The van der Waals surface area contributed by atoms with Gasteiger partial charge in [-0.3, -0.25) is 14.5 Å². The first-order valence-corrected chi connectivity index (χ1v) is 14.1. The fourth-order valence-corrected chi connectivity index (χ4v) is 5.80. The Kier molecular flexibility index (Phi) is 7.95. The number of ketones is 1. The number of hydrogen-bond donors (Lipinski definition) is 2. The number of carbonyl (C=O) groups is 2. The summed E-state index contributed by atoms with van der Waals surface area (Å²) < 4.78 is 12.1. The van der Waals surface area contributed by atoms with Crippen LogP contribution in [0.4, 0.5) is 5.13 Å². The summed E-state index contributed by atoms with van der Waals surface area (Å²) in [5.74, 6) is -1.40. The van der Waals surface area contributed by atoms with Crippen LogP contribution in [0.5, 0.6) is 17.2 Å². The van der Waals surface area contributed by atoms with Gasteiger partial charge in [0.05, 0.1) is 35.0 Å². The Morgan fingerprint density at radius 3 is 2.67 bits per heavy atom. The Morgan fingerprint density at radius 1 is 1.07 bits per heavy atom. The fourth-order valence-electron chi connectivity index (χ4n) is 4.53. The van der Waals surface area contributed by atoms with Crippen molar-refractivity contribution in [2.75, 3.05) is 18.1 Å². The lowest BCUT2D eigenvalue weighted by Gasteiger charge is -2.23. The van der Waals surface area contributed by atoms with Crippen LogP contribution in [-0.4, -0.2) is 40.1 Å². The van der Waals surface area contributed by atoms with E-state index in [2.05, 4.69) is 11.9 Å². The molecule has 1 atom stereocenters. The second-order valence-corrected chi connectivity index (χ2v) is 10.6. The molecule has 1 aliphatic heterocycles. The quantitative estimate of drug-likeness (QED) is 0.0966. The highest BCUT2D eigenvalue weighted by molar-refractivity contribution is 7.22. The summed E-state index contributed by atoms with van der Waals surface area (Å²) in [6.07, 6.45) is 1.84. The largest absolute Gasteiger partial charge is 0.507 e. The normalized spacial score (nSPS) is 16.6. The van der Waals surface area contributed by atoms with Crippen LogP contribution in [0.3, 0.4) is 0 Å². The molecule has 1 amide bonds. The minimum absolute atomic E-state index is 0.0888. The first-order valence-electron chi connectivity index (χ1n) is 12.9. The molecule has 5 rings (SSSR count). The van der Waals surface area contributed by atoms with E-state index in [-0.39, 0.29) is 28.0 Å². The van der Waals surface area contributed by atoms with Gasteiger partial charge in [0.2, 0.25) is 0 Å². The number of fused-ring (bicyclic) bond motifs is 1. The van der Waals surface area contributed by atoms with E-state index in [1.165, 1.54) is 22.3 Å². The number of nitrogens with zero attached hydrogens (tertiary/aromatic N) is 2. The van der Waals surface area contributed by atoms with E-state index >= 15 is 0 Å². The summed E-state index contributed by atoms with van der Waals surface area (Å²) in [4.78, 5) is 33.0. The van der Waals surface area contributed by atoms with Gasteiger partial charge >= 0.3 is 5.91 Å². The second-order valence-electron chi connectivity index (χ2n) is 9.17. The van der Waals surface area contributed by atoms with Gasteiger partial charge < -0.3 is 19.7 Å². The van der Waals surface area contributed by atoms with E-state index in [4.69, 9.17) is 21.1 Å². The molecule has 0 saturated carbocycles. The van der Waals surface area contributed by atoms with E-state index in [9.17, 15) is 19.8 Å². The minimum atomic E-state index is -1.04. The predicted octanol–water partition coefficient (Wildman–Crippen LogP) is 6.86. The van der Waals surface area contributed by atoms with Crippen LogP contribution >= 0.6 is 22.9 Å². The van der Waals surface area contributed by atoms with Gasteiger partial charge in [-0.25, -0.2) is 4.98 Å². The van der Waals surface area contributed by atoms with Gasteiger partial charge in [0, 0.05) is 10.6 Å². The zero-order chi connectivity index (χ0) is 28.4. The number of aromatic hydroxyl groups is 1. The molecule has 0 bridgehead atoms. The molecule has 0 spiro atoms. The number of Topliss-reactive ketones (excluding diaryl/α,β-unsaturated/α-hetero) is 1. The number of unbranched alkanes of at least 4 members (excludes halogenated alkanes) is 1. The number of anilines is 1. The first kappa shape index (κ1) is 27.5. The van der Waals surface area contributed by atoms with Gasteiger partial charge in [-0.1, -0.05) is 54.5 Å². The molecule has 206 valence electrons. The highest BCUT2D eigenvalue weighted by Crippen LogP contribution is 2.46. The van der Waals surface area contributed by atoms with Gasteiger partial charge in [-0.05, 0) is 61.4 Å². The lowest BCUT2D eigenvalue weighted by molar-refractivity contribution is -0.132. The number of carbonyl (C=O) groups excluding carboxylic acids is 2. The molecular weight excluding hydrogens is 552 g/mol. The van der Waals surface area contributed by atoms with Crippen molar-refractivity contribution in [2.45, 2.75) is 32.7 Å². The molecule has 1 unspecified atom stereocenters. The van der Waals surface area contributed by atoms with E-state index in [0.29, 0.717) is 40.6 Å². The number of amides is 1. The van der Waals surface area contributed by atoms with E-state index < -0.39 is 17.7 Å². The molecule has 8 nitrogen and oxygen atoms in total. The number of ether oxygens (including phenoxy) is 2. The molecule has 0 radical (unpaired) electrons. The average Bonchev–Trinajstić information content (AvgIpc) is 3.47. The molecule has 1 aliphatic rings. The van der Waals surface area contributed by atoms with E-state index in [0.717, 1.165) is 17.5 Å². The molecule has 1 fully saturated rings. The van der Waals surface area contributed by atoms with Gasteiger partial charge in [0.25, 0.3) is 5.78 Å². The van der Waals surface area contributed by atoms with E-state index in [1.54, 1.807) is 61.5 Å². The van der Waals surface area contributed by atoms with Crippen molar-refractivity contribution < 1.29 is 29.3 Å². The number of phenolic OH excluding ortho intramolecular Hbond substituents is 1. The molecule has 2 heterocycles. The topological polar surface area (TPSA) is 109 Å². The smallest absolute Gasteiger partial charge is 0.301 e. The van der Waals surface area contributed by atoms with Gasteiger partial charge in [0.1, 0.15) is 11.5 Å². The van der Waals surface area contributed by atoms with Crippen LogP contribution < -0.4 is 14.4 Å². The number of aliphatic hydroxyl groups is 1. The summed E-state index contributed by atoms with van der Waals surface area (Å²) in [6, 6.07) is 15.5. The second kappa shape index (κ2) is 11.6. The standard InChI is InChI=1S/C30H27ClN2O6S/c1-3-5-13-39-20-8-6-7-18(14-20)27(35)25-26(17-9-12-22(34)23(15-17)38-4-2)33(29(37)28(25)36)30-32-21-11-10-19(31)16-24(21)40-30/h6-12,14-16,26,34-35H,3-5,13H2,1-2H3/b27-25+. The Labute approximate surface area is 240 Å². The Bertz CT molecular complexity index is 1630. The lowest BCUT2D eigenvalue weighted by atomic mass is 9.95. The molecule has 4 aromatic rings. The molecule has 3 aromatic carbocycles. The van der Waals surface area contributed by atoms with Gasteiger partial charge in [-0.15, -0.1) is 0 Å². The maximum Gasteiger partial charge on any atom is 0.301 e. The van der Waals surface area contributed by atoms with Crippen molar-refractivity contribution in [3.05, 3.63) is 82.4 Å². The Hall–Kier alpha value is -4.08. The Balaban J connectivity index is 1.68. The van der Waals surface area contributed by atoms with Crippen LogP contribution in [0, 0.1) is 0 Å². The highest BCUT2D eigenvalue weighted by Gasteiger charge is 2.48. The molecule has 1 saturated heterocycles. The number of thiazole rings is 1. The summed E-state index contributed by atoms with van der Waals surface area (Å²) in [5.41, 5.74) is 1.29. The van der Waals surface area contributed by atoms with Gasteiger partial charge in [-0.2, -0.15) is 0 Å². The molecule has 10 heteroatoms. The lowest BCUT2D eigenvalue weighted by Crippen LogP contribution is -2.29. The van der Waals surface area contributed by atoms with Crippen molar-refractivity contribution in [3.63, 3.8) is 0 Å². The third-order valence-electron chi connectivity index (χ3n) is 6.46. The number of phenols is 1. The van der Waals surface area contributed by atoms with Crippen LogP contribution in [0.2, 0.25) is 5.02 Å². The monoisotopic (exact) mass is 578 g/mol. The van der Waals surface area contributed by atoms with Crippen molar-refractivity contribution in [2.24, 2.45) is 0 Å². The van der Waals surface area contributed by atoms with E-state index in [1.807, 2.05) is 0 Å². The van der Waals surface area contributed by atoms with Crippen molar-refractivity contribution in [3.8, 4) is 17.2 Å². The molecule has 1 aromatic heterocycles. The number of rotatable bonds is 9. The van der Waals surface area contributed by atoms with Crippen LogP contribution in [0.1, 0.15) is 43.9 Å². The third kappa shape index (κ3) is 5.22. The summed E-state index contributed by atoms with van der Waals surface area (Å²) in [6.45, 7) is 4.64. The van der Waals surface area contributed by atoms with Crippen molar-refractivity contribution in [1.29, 1.82) is 0 Å². The van der Waals surface area contributed by atoms with Crippen molar-refractivity contribution in [1.82, 2.24) is 4.98 Å². The summed E-state index contributed by atoms with van der Waals surface area (Å²) in [7, 11) is 0. The molecular formula is C30H27ClN2O6S. The average molecular weight is 579 g/mol. The number of aromatic nitrogens is 1. The van der Waals surface area contributed by atoms with Crippen LogP contribution in [0.25, 0.3) is 16.0 Å². The summed E-state index contributed by atoms with van der Waals surface area (Å²) >= 11 is 7.37. The first-order chi connectivity index (χ1) is 19.3. The van der Waals surface area contributed by atoms with Crippen LogP contribution in [0.15, 0.2) is 66.2 Å². The SMILES string of the molecule is CCCCOc1cccc(/C(O)=C2\C(=O)C(=O)N(c3nc4ccc(Cl)cc4s3)C2c2ccc(O)c(OCC)c2)c1. The third-order valence-corrected chi connectivity index (χ3v) is 7.72. The maximum atomic E-state index is 13.6. The maximum absolute atomic E-state index is 13.6. The number of benzene rings is 3. The summed E-state index contributed by atoms with van der Waals surface area (Å²) in [5, 5.41) is 22.6. The van der Waals surface area contributed by atoms with Crippen LogP contribution in [-0.2, 0) is 9.59 Å². The predicted molar refractivity (Wildman–Crippen MR) is 156 cm³/mol. The number of halogens is 1. The fraction of sp³-hybridized carbons (Fsp3) is 0.233. The Morgan fingerprint density at radius 2 is 1.90 bits per heavy atom. The zero-order valence-electron chi connectivity index (χ0n) is 21.9.